The van der Waals surface area contributed by atoms with Crippen molar-refractivity contribution in [3.8, 4) is 11.4 Å². The average molecular weight is 238 g/mol. The standard InChI is InChI=1S/C14H14N4/c1-2-8-18-10-16-17-14(18)12-5-6-13-11(9-12)4-3-7-15-13/h3-7,9-10H,2,8H2,1H3. The lowest BCUT2D eigenvalue weighted by Gasteiger charge is -2.05. The van der Waals surface area contributed by atoms with Crippen molar-refractivity contribution >= 4 is 10.9 Å². The molecule has 0 saturated carbocycles. The molecule has 4 heteroatoms. The summed E-state index contributed by atoms with van der Waals surface area (Å²) in [6.45, 7) is 3.08. The van der Waals surface area contributed by atoms with Crippen molar-refractivity contribution in [3.05, 3.63) is 42.9 Å². The maximum atomic E-state index is 4.32. The van der Waals surface area contributed by atoms with Gasteiger partial charge in [0.25, 0.3) is 0 Å². The van der Waals surface area contributed by atoms with Gasteiger partial charge in [-0.3, -0.25) is 4.98 Å². The van der Waals surface area contributed by atoms with Crippen molar-refractivity contribution in [3.63, 3.8) is 0 Å². The molecule has 0 amide bonds. The van der Waals surface area contributed by atoms with Crippen molar-refractivity contribution in [1.29, 1.82) is 0 Å². The summed E-state index contributed by atoms with van der Waals surface area (Å²) >= 11 is 0. The van der Waals surface area contributed by atoms with Crippen LogP contribution in [0.2, 0.25) is 0 Å². The van der Waals surface area contributed by atoms with E-state index in [9.17, 15) is 0 Å². The largest absolute Gasteiger partial charge is 0.314 e. The zero-order valence-corrected chi connectivity index (χ0v) is 10.2. The Hall–Kier alpha value is -2.23. The van der Waals surface area contributed by atoms with Crippen LogP contribution in [0.5, 0.6) is 0 Å². The molecule has 0 fully saturated rings. The molecule has 2 heterocycles. The van der Waals surface area contributed by atoms with E-state index in [1.165, 1.54) is 0 Å². The molecule has 0 aliphatic heterocycles. The molecule has 4 nitrogen and oxygen atoms in total. The highest BCUT2D eigenvalue weighted by molar-refractivity contribution is 5.83. The lowest BCUT2D eigenvalue weighted by atomic mass is 10.1. The SMILES string of the molecule is CCCn1cnnc1-c1ccc2ncccc2c1. The minimum atomic E-state index is 0.919. The Morgan fingerprint density at radius 2 is 2.17 bits per heavy atom. The van der Waals surface area contributed by atoms with E-state index in [1.807, 2.05) is 24.4 Å². The molecule has 0 unspecified atom stereocenters. The van der Waals surface area contributed by atoms with Crippen molar-refractivity contribution in [2.24, 2.45) is 0 Å². The number of nitrogens with zero attached hydrogens (tertiary/aromatic N) is 4. The van der Waals surface area contributed by atoms with Gasteiger partial charge in [-0.05, 0) is 30.7 Å². The van der Waals surface area contributed by atoms with Gasteiger partial charge in [-0.2, -0.15) is 0 Å². The molecular formula is C14H14N4. The highest BCUT2D eigenvalue weighted by atomic mass is 15.3. The zero-order chi connectivity index (χ0) is 12.4. The van der Waals surface area contributed by atoms with E-state index in [4.69, 9.17) is 0 Å². The number of hydrogen-bond acceptors (Lipinski definition) is 3. The lowest BCUT2D eigenvalue weighted by molar-refractivity contribution is 0.683. The van der Waals surface area contributed by atoms with Crippen LogP contribution < -0.4 is 0 Å². The summed E-state index contributed by atoms with van der Waals surface area (Å²) in [6.07, 6.45) is 4.66. The van der Waals surface area contributed by atoms with Gasteiger partial charge >= 0.3 is 0 Å². The number of rotatable bonds is 3. The molecule has 0 saturated heterocycles. The fraction of sp³-hybridized carbons (Fsp3) is 0.214. The number of fused-ring (bicyclic) bond motifs is 1. The third kappa shape index (κ3) is 1.86. The van der Waals surface area contributed by atoms with Gasteiger partial charge in [-0.15, -0.1) is 10.2 Å². The van der Waals surface area contributed by atoms with Crippen LogP contribution in [0.4, 0.5) is 0 Å². The summed E-state index contributed by atoms with van der Waals surface area (Å²) in [5.41, 5.74) is 2.09. The maximum absolute atomic E-state index is 4.32. The maximum Gasteiger partial charge on any atom is 0.163 e. The van der Waals surface area contributed by atoms with Crippen LogP contribution in [0.15, 0.2) is 42.9 Å². The van der Waals surface area contributed by atoms with E-state index in [2.05, 4.69) is 38.8 Å². The lowest BCUT2D eigenvalue weighted by Crippen LogP contribution is -1.98. The Morgan fingerprint density at radius 1 is 1.22 bits per heavy atom. The summed E-state index contributed by atoms with van der Waals surface area (Å²) in [5, 5.41) is 9.32. The van der Waals surface area contributed by atoms with Crippen LogP contribution in [0, 0.1) is 0 Å². The summed E-state index contributed by atoms with van der Waals surface area (Å²) in [6, 6.07) is 10.2. The zero-order valence-electron chi connectivity index (χ0n) is 10.2. The predicted molar refractivity (Wildman–Crippen MR) is 71.1 cm³/mol. The molecule has 3 rings (SSSR count). The van der Waals surface area contributed by atoms with E-state index >= 15 is 0 Å². The van der Waals surface area contributed by atoms with E-state index in [1.54, 1.807) is 6.33 Å². The highest BCUT2D eigenvalue weighted by Crippen LogP contribution is 2.21. The van der Waals surface area contributed by atoms with Crippen LogP contribution in [0.3, 0.4) is 0 Å². The van der Waals surface area contributed by atoms with Crippen molar-refractivity contribution in [2.45, 2.75) is 19.9 Å². The smallest absolute Gasteiger partial charge is 0.163 e. The first-order valence-electron chi connectivity index (χ1n) is 6.11. The fourth-order valence-corrected chi connectivity index (χ4v) is 2.10. The fourth-order valence-electron chi connectivity index (χ4n) is 2.10. The molecule has 0 N–H and O–H groups in total. The topological polar surface area (TPSA) is 43.6 Å². The van der Waals surface area contributed by atoms with Crippen LogP contribution in [-0.2, 0) is 6.54 Å². The van der Waals surface area contributed by atoms with Gasteiger partial charge in [0.15, 0.2) is 5.82 Å². The first-order chi connectivity index (χ1) is 8.88. The molecular weight excluding hydrogens is 224 g/mol. The van der Waals surface area contributed by atoms with Crippen molar-refractivity contribution < 1.29 is 0 Å². The second-order valence-electron chi connectivity index (χ2n) is 4.26. The number of pyridine rings is 1. The Labute approximate surface area is 105 Å². The first-order valence-corrected chi connectivity index (χ1v) is 6.11. The summed E-state index contributed by atoms with van der Waals surface area (Å²) < 4.78 is 2.08. The molecule has 0 bridgehead atoms. The molecule has 2 aromatic heterocycles. The first kappa shape index (κ1) is 10.9. The van der Waals surface area contributed by atoms with Gasteiger partial charge < -0.3 is 4.57 Å². The summed E-state index contributed by atoms with van der Waals surface area (Å²) in [7, 11) is 0. The number of aromatic nitrogens is 4. The Kier molecular flexibility index (Phi) is 2.76. The van der Waals surface area contributed by atoms with Crippen molar-refractivity contribution in [1.82, 2.24) is 19.7 Å². The van der Waals surface area contributed by atoms with Crippen molar-refractivity contribution in [2.75, 3.05) is 0 Å². The highest BCUT2D eigenvalue weighted by Gasteiger charge is 2.07. The number of hydrogen-bond donors (Lipinski definition) is 0. The minimum Gasteiger partial charge on any atom is -0.314 e. The predicted octanol–water partition coefficient (Wildman–Crippen LogP) is 2.90. The monoisotopic (exact) mass is 238 g/mol. The van der Waals surface area contributed by atoms with Gasteiger partial charge in [0.1, 0.15) is 6.33 Å². The Balaban J connectivity index is 2.10. The van der Waals surface area contributed by atoms with Gasteiger partial charge in [-0.25, -0.2) is 0 Å². The van der Waals surface area contributed by atoms with E-state index in [0.717, 1.165) is 35.3 Å². The summed E-state index contributed by atoms with van der Waals surface area (Å²) in [4.78, 5) is 4.32. The van der Waals surface area contributed by atoms with E-state index in [-0.39, 0.29) is 0 Å². The molecule has 3 aromatic rings. The van der Waals surface area contributed by atoms with Gasteiger partial charge in [0.05, 0.1) is 5.52 Å². The van der Waals surface area contributed by atoms with Crippen LogP contribution >= 0.6 is 0 Å². The van der Waals surface area contributed by atoms with Crippen LogP contribution in [-0.4, -0.2) is 19.7 Å². The quantitative estimate of drug-likeness (QED) is 0.704. The third-order valence-electron chi connectivity index (χ3n) is 2.94. The molecule has 0 aliphatic rings. The molecule has 0 radical (unpaired) electrons. The second kappa shape index (κ2) is 4.56. The molecule has 90 valence electrons. The normalized spacial score (nSPS) is 10.9. The second-order valence-corrected chi connectivity index (χ2v) is 4.26. The molecule has 0 aliphatic carbocycles. The number of aryl methyl sites for hydroxylation is 1. The third-order valence-corrected chi connectivity index (χ3v) is 2.94. The molecule has 0 spiro atoms. The van der Waals surface area contributed by atoms with E-state index in [0.29, 0.717) is 0 Å². The van der Waals surface area contributed by atoms with E-state index < -0.39 is 0 Å². The minimum absolute atomic E-state index is 0.919. The molecule has 0 atom stereocenters. The summed E-state index contributed by atoms with van der Waals surface area (Å²) in [5.74, 6) is 0.919. The number of benzene rings is 1. The Bertz CT molecular complexity index is 672. The van der Waals surface area contributed by atoms with Crippen LogP contribution in [0.1, 0.15) is 13.3 Å². The average Bonchev–Trinajstić information content (AvgIpc) is 2.87. The molecule has 1 aromatic carbocycles. The Morgan fingerprint density at radius 3 is 3.06 bits per heavy atom. The molecule has 18 heavy (non-hydrogen) atoms. The van der Waals surface area contributed by atoms with Gasteiger partial charge in [-0.1, -0.05) is 13.0 Å². The van der Waals surface area contributed by atoms with Gasteiger partial charge in [0, 0.05) is 23.7 Å². The van der Waals surface area contributed by atoms with Gasteiger partial charge in [0.2, 0.25) is 0 Å². The van der Waals surface area contributed by atoms with Crippen LogP contribution in [0.25, 0.3) is 22.3 Å².